The number of aromatic nitrogens is 2. The van der Waals surface area contributed by atoms with E-state index in [0.717, 1.165) is 10.9 Å². The van der Waals surface area contributed by atoms with Crippen LogP contribution in [0.5, 0.6) is 0 Å². The first kappa shape index (κ1) is 17.4. The highest BCUT2D eigenvalue weighted by molar-refractivity contribution is 6.14. The summed E-state index contributed by atoms with van der Waals surface area (Å²) < 4.78 is 9.78. The van der Waals surface area contributed by atoms with Crippen LogP contribution in [0.1, 0.15) is 19.7 Å². The zero-order valence-electron chi connectivity index (χ0n) is 13.8. The highest BCUT2D eigenvalue weighted by Gasteiger charge is 2.21. The molecule has 0 atom stereocenters. The number of anilines is 1. The number of nitrogens with zero attached hydrogens (tertiary/aromatic N) is 2. The SMILES string of the molecule is CCOC(=O)C(=CNc1nc(C)nc2ccccc12)C(=O)OCC. The number of nitrogens with one attached hydrogen (secondary N) is 1. The number of carbonyl (C=O) groups is 2. The lowest BCUT2D eigenvalue weighted by molar-refractivity contribution is -0.146. The van der Waals surface area contributed by atoms with Crippen molar-refractivity contribution in [2.24, 2.45) is 0 Å². The lowest BCUT2D eigenvalue weighted by atomic mass is 10.2. The molecule has 7 nitrogen and oxygen atoms in total. The average Bonchev–Trinajstić information content (AvgIpc) is 2.55. The van der Waals surface area contributed by atoms with Crippen LogP contribution in [0, 0.1) is 6.92 Å². The Morgan fingerprint density at radius 1 is 1.08 bits per heavy atom. The Morgan fingerprint density at radius 3 is 2.33 bits per heavy atom. The van der Waals surface area contributed by atoms with Crippen LogP contribution in [0.3, 0.4) is 0 Å². The van der Waals surface area contributed by atoms with Gasteiger partial charge in [0.1, 0.15) is 11.6 Å². The molecule has 0 spiro atoms. The summed E-state index contributed by atoms with van der Waals surface area (Å²) in [5.74, 6) is -0.445. The van der Waals surface area contributed by atoms with Crippen LogP contribution in [0.25, 0.3) is 10.9 Å². The first-order valence-electron chi connectivity index (χ1n) is 7.61. The Morgan fingerprint density at radius 2 is 1.71 bits per heavy atom. The van der Waals surface area contributed by atoms with Crippen LogP contribution < -0.4 is 5.32 Å². The molecule has 126 valence electrons. The molecule has 0 unspecified atom stereocenters. The van der Waals surface area contributed by atoms with E-state index < -0.39 is 11.9 Å². The molecule has 2 aromatic rings. The molecule has 0 aliphatic carbocycles. The molecule has 1 aromatic heterocycles. The van der Waals surface area contributed by atoms with Crippen molar-refractivity contribution in [2.75, 3.05) is 18.5 Å². The minimum Gasteiger partial charge on any atom is -0.462 e. The van der Waals surface area contributed by atoms with Gasteiger partial charge in [0.15, 0.2) is 5.57 Å². The molecule has 0 saturated heterocycles. The molecular formula is C17H19N3O4. The van der Waals surface area contributed by atoms with Crippen molar-refractivity contribution in [1.82, 2.24) is 9.97 Å². The van der Waals surface area contributed by atoms with Crippen LogP contribution in [0.4, 0.5) is 5.82 Å². The zero-order chi connectivity index (χ0) is 17.5. The van der Waals surface area contributed by atoms with Gasteiger partial charge < -0.3 is 14.8 Å². The third-order valence-electron chi connectivity index (χ3n) is 3.06. The van der Waals surface area contributed by atoms with Gasteiger partial charge in [-0.15, -0.1) is 0 Å². The van der Waals surface area contributed by atoms with E-state index in [4.69, 9.17) is 9.47 Å². The maximum absolute atomic E-state index is 11.9. The molecule has 0 radical (unpaired) electrons. The smallest absolute Gasteiger partial charge is 0.347 e. The van der Waals surface area contributed by atoms with Gasteiger partial charge >= 0.3 is 11.9 Å². The molecule has 0 amide bonds. The Hall–Kier alpha value is -2.96. The van der Waals surface area contributed by atoms with Crippen LogP contribution in [0.2, 0.25) is 0 Å². The molecule has 1 N–H and O–H groups in total. The largest absolute Gasteiger partial charge is 0.462 e. The van der Waals surface area contributed by atoms with E-state index in [-0.39, 0.29) is 18.8 Å². The average molecular weight is 329 g/mol. The molecule has 7 heteroatoms. The van der Waals surface area contributed by atoms with Gasteiger partial charge in [0.05, 0.1) is 18.7 Å². The Balaban J connectivity index is 2.37. The van der Waals surface area contributed by atoms with Gasteiger partial charge in [-0.05, 0) is 32.9 Å². The number of fused-ring (bicyclic) bond motifs is 1. The van der Waals surface area contributed by atoms with Crippen LogP contribution in [-0.4, -0.2) is 35.1 Å². The topological polar surface area (TPSA) is 90.4 Å². The zero-order valence-corrected chi connectivity index (χ0v) is 13.8. The highest BCUT2D eigenvalue weighted by atomic mass is 16.6. The predicted molar refractivity (Wildman–Crippen MR) is 89.2 cm³/mol. The fraction of sp³-hybridized carbons (Fsp3) is 0.294. The molecule has 0 saturated carbocycles. The van der Waals surface area contributed by atoms with Crippen molar-refractivity contribution in [3.63, 3.8) is 0 Å². The molecule has 0 bridgehead atoms. The monoisotopic (exact) mass is 329 g/mol. The van der Waals surface area contributed by atoms with Crippen LogP contribution in [-0.2, 0) is 19.1 Å². The van der Waals surface area contributed by atoms with Gasteiger partial charge in [0.25, 0.3) is 0 Å². The predicted octanol–water partition coefficient (Wildman–Crippen LogP) is 2.36. The minimum absolute atomic E-state index is 0.158. The van der Waals surface area contributed by atoms with Crippen molar-refractivity contribution < 1.29 is 19.1 Å². The number of para-hydroxylation sites is 1. The standard InChI is InChI=1S/C17H19N3O4/c1-4-23-16(21)13(17(22)24-5-2)10-18-15-12-8-6-7-9-14(12)19-11(3)20-15/h6-10H,4-5H2,1-3H3,(H,18,19,20). The van der Waals surface area contributed by atoms with Gasteiger partial charge in [0.2, 0.25) is 0 Å². The maximum atomic E-state index is 11.9. The van der Waals surface area contributed by atoms with Crippen LogP contribution in [0.15, 0.2) is 36.0 Å². The molecule has 0 fully saturated rings. The number of benzene rings is 1. The van der Waals surface area contributed by atoms with Gasteiger partial charge in [-0.3, -0.25) is 0 Å². The Bertz CT molecular complexity index is 766. The van der Waals surface area contributed by atoms with E-state index >= 15 is 0 Å². The fourth-order valence-corrected chi connectivity index (χ4v) is 2.06. The number of hydrogen-bond acceptors (Lipinski definition) is 7. The van der Waals surface area contributed by atoms with Gasteiger partial charge in [-0.2, -0.15) is 0 Å². The molecular weight excluding hydrogens is 310 g/mol. The number of carbonyl (C=O) groups excluding carboxylic acids is 2. The lowest BCUT2D eigenvalue weighted by Crippen LogP contribution is -2.19. The third kappa shape index (κ3) is 4.07. The van der Waals surface area contributed by atoms with E-state index in [0.29, 0.717) is 11.6 Å². The molecule has 1 heterocycles. The first-order chi connectivity index (χ1) is 11.6. The van der Waals surface area contributed by atoms with Crippen molar-refractivity contribution in [3.8, 4) is 0 Å². The van der Waals surface area contributed by atoms with Crippen molar-refractivity contribution in [1.29, 1.82) is 0 Å². The van der Waals surface area contributed by atoms with E-state index in [1.807, 2.05) is 24.3 Å². The van der Waals surface area contributed by atoms with Crippen LogP contribution >= 0.6 is 0 Å². The third-order valence-corrected chi connectivity index (χ3v) is 3.06. The summed E-state index contributed by atoms with van der Waals surface area (Å²) in [6.45, 7) is 5.40. The Labute approximate surface area is 139 Å². The Kier molecular flexibility index (Phi) is 5.83. The number of aryl methyl sites for hydroxylation is 1. The van der Waals surface area contributed by atoms with Gasteiger partial charge in [-0.25, -0.2) is 19.6 Å². The normalized spacial score (nSPS) is 10.1. The summed E-state index contributed by atoms with van der Waals surface area (Å²) >= 11 is 0. The van der Waals surface area contributed by atoms with Gasteiger partial charge in [0, 0.05) is 11.6 Å². The number of esters is 2. The summed E-state index contributed by atoms with van der Waals surface area (Å²) in [7, 11) is 0. The number of ether oxygens (including phenoxy) is 2. The summed E-state index contributed by atoms with van der Waals surface area (Å²) in [5, 5.41) is 3.66. The van der Waals surface area contributed by atoms with E-state index in [9.17, 15) is 9.59 Å². The second-order valence-electron chi connectivity index (χ2n) is 4.78. The number of hydrogen-bond donors (Lipinski definition) is 1. The second kappa shape index (κ2) is 8.05. The molecule has 24 heavy (non-hydrogen) atoms. The van der Waals surface area contributed by atoms with Gasteiger partial charge in [-0.1, -0.05) is 12.1 Å². The van der Waals surface area contributed by atoms with Crippen molar-refractivity contribution in [3.05, 3.63) is 41.9 Å². The van der Waals surface area contributed by atoms with E-state index in [2.05, 4.69) is 15.3 Å². The lowest BCUT2D eigenvalue weighted by Gasteiger charge is -2.09. The summed E-state index contributed by atoms with van der Waals surface area (Å²) in [5.41, 5.74) is 0.536. The van der Waals surface area contributed by atoms with Crippen molar-refractivity contribution >= 4 is 28.7 Å². The minimum atomic E-state index is -0.751. The van der Waals surface area contributed by atoms with Crippen molar-refractivity contribution in [2.45, 2.75) is 20.8 Å². The second-order valence-corrected chi connectivity index (χ2v) is 4.78. The molecule has 0 aliphatic rings. The maximum Gasteiger partial charge on any atom is 0.347 e. The highest BCUT2D eigenvalue weighted by Crippen LogP contribution is 2.20. The van der Waals surface area contributed by atoms with E-state index in [1.54, 1.807) is 20.8 Å². The summed E-state index contributed by atoms with van der Waals surface area (Å²) in [6.07, 6.45) is 1.25. The fourth-order valence-electron chi connectivity index (χ4n) is 2.06. The number of rotatable bonds is 6. The summed E-state index contributed by atoms with van der Waals surface area (Å²) in [6, 6.07) is 7.43. The van der Waals surface area contributed by atoms with E-state index in [1.165, 1.54) is 6.20 Å². The molecule has 2 rings (SSSR count). The molecule has 0 aliphatic heterocycles. The molecule has 1 aromatic carbocycles. The quantitative estimate of drug-likeness (QED) is 0.376. The first-order valence-corrected chi connectivity index (χ1v) is 7.61. The summed E-state index contributed by atoms with van der Waals surface area (Å²) in [4.78, 5) is 32.5.